The van der Waals surface area contributed by atoms with Crippen LogP contribution in [0.5, 0.6) is 0 Å². The van der Waals surface area contributed by atoms with Crippen LogP contribution in [-0.4, -0.2) is 22.4 Å². The Morgan fingerprint density at radius 2 is 1.64 bits per heavy atom. The number of ether oxygens (including phenoxy) is 1. The molecule has 6 heteroatoms. The van der Waals surface area contributed by atoms with Crippen molar-refractivity contribution in [2.75, 3.05) is 6.61 Å². The Bertz CT molecular complexity index is 163. The molecule has 0 aliphatic carbocycles. The molecule has 2 N–H and O–H groups in total. The van der Waals surface area contributed by atoms with Crippen LogP contribution in [0.15, 0.2) is 0 Å². The highest BCUT2D eigenvalue weighted by atomic mass is 31.1. The van der Waals surface area contributed by atoms with Gasteiger partial charge in [0.2, 0.25) is 0 Å². The van der Waals surface area contributed by atoms with Crippen molar-refractivity contribution < 1.29 is 23.9 Å². The monoisotopic (exact) mass is 225 g/mol. The molecule has 0 bridgehead atoms. The molecule has 0 saturated carbocycles. The van der Waals surface area contributed by atoms with Crippen LogP contribution in [0.3, 0.4) is 0 Å². The van der Waals surface area contributed by atoms with Gasteiger partial charge < -0.3 is 4.74 Å². The van der Waals surface area contributed by atoms with Gasteiger partial charge in [0.05, 0.1) is 12.5 Å². The van der Waals surface area contributed by atoms with Gasteiger partial charge in [0, 0.05) is 4.57 Å². The van der Waals surface area contributed by atoms with Crippen LogP contribution in [0.4, 0.5) is 0 Å². The Morgan fingerprint density at radius 3 is 1.86 bits per heavy atom. The van der Waals surface area contributed by atoms with Crippen LogP contribution in [0.2, 0.25) is 0 Å². The zero-order valence-electron chi connectivity index (χ0n) is 8.77. The van der Waals surface area contributed by atoms with Gasteiger partial charge in [-0.25, -0.2) is 0 Å². The fourth-order valence-electron chi connectivity index (χ4n) is 0.882. The molecule has 0 atom stereocenters. The number of carbonyl (C=O) groups is 1. The molecule has 0 saturated heterocycles. The Kier molecular flexibility index (Phi) is 12.0. The summed E-state index contributed by atoms with van der Waals surface area (Å²) in [6.07, 6.45) is 1.77. The molecule has 84 valence electrons. The highest BCUT2D eigenvalue weighted by Gasteiger charge is 2.13. The third-order valence-corrected chi connectivity index (χ3v) is 1.61. The number of rotatable bonds is 4. The molecule has 0 aromatic heterocycles. The van der Waals surface area contributed by atoms with Crippen molar-refractivity contribution in [3.8, 4) is 0 Å². The van der Waals surface area contributed by atoms with Crippen LogP contribution in [0, 0.1) is 5.92 Å². The fourth-order valence-corrected chi connectivity index (χ4v) is 0.882. The molecule has 0 unspecified atom stereocenters. The Hall–Kier alpha value is -0.510. The maximum Gasteiger partial charge on any atom is 0.692 e. The molecular formula is C8H18O5P+. The van der Waals surface area contributed by atoms with Crippen molar-refractivity contribution in [3.63, 3.8) is 0 Å². The van der Waals surface area contributed by atoms with E-state index in [4.69, 9.17) is 19.1 Å². The molecule has 0 aromatic carbocycles. The lowest BCUT2D eigenvalue weighted by Crippen LogP contribution is -2.15. The van der Waals surface area contributed by atoms with Crippen LogP contribution < -0.4 is 0 Å². The second-order valence-electron chi connectivity index (χ2n) is 2.52. The summed E-state index contributed by atoms with van der Waals surface area (Å²) in [6, 6.07) is 0. The van der Waals surface area contributed by atoms with E-state index >= 15 is 0 Å². The first-order valence-electron chi connectivity index (χ1n) is 4.51. The van der Waals surface area contributed by atoms with Crippen LogP contribution in [0.1, 0.15) is 33.6 Å². The molecule has 0 amide bonds. The summed E-state index contributed by atoms with van der Waals surface area (Å²) in [7, 11) is -2.87. The summed E-state index contributed by atoms with van der Waals surface area (Å²) < 4.78 is 13.6. The summed E-state index contributed by atoms with van der Waals surface area (Å²) in [5.74, 6) is 0.0625. The summed E-state index contributed by atoms with van der Waals surface area (Å²) >= 11 is 0. The third kappa shape index (κ3) is 11.5. The van der Waals surface area contributed by atoms with E-state index in [9.17, 15) is 4.79 Å². The standard InChI is InChI=1S/C8H16O2.HO3P/c1-4-7(5-2)8(9)10-6-3;1-4(2)3/h7H,4-6H2,1-3H3;(H-,1,2,3)/p+1. The molecule has 0 heterocycles. The van der Waals surface area contributed by atoms with Gasteiger partial charge in [-0.05, 0) is 19.8 Å². The lowest BCUT2D eigenvalue weighted by atomic mass is 10.0. The van der Waals surface area contributed by atoms with E-state index in [1.54, 1.807) is 0 Å². The van der Waals surface area contributed by atoms with E-state index in [0.717, 1.165) is 12.8 Å². The van der Waals surface area contributed by atoms with Crippen molar-refractivity contribution in [1.82, 2.24) is 0 Å². The maximum atomic E-state index is 11.0. The van der Waals surface area contributed by atoms with Gasteiger partial charge in [0.15, 0.2) is 0 Å². The zero-order chi connectivity index (χ0) is 11.6. The van der Waals surface area contributed by atoms with Crippen molar-refractivity contribution in [3.05, 3.63) is 0 Å². The van der Waals surface area contributed by atoms with Crippen molar-refractivity contribution in [1.29, 1.82) is 0 Å². The SMILES string of the molecule is CCOC(=O)C(CC)CC.O=[P+](O)O. The Balaban J connectivity index is 0. The van der Waals surface area contributed by atoms with Gasteiger partial charge in [-0.2, -0.15) is 0 Å². The smallest absolute Gasteiger partial charge is 0.466 e. The second-order valence-corrected chi connectivity index (χ2v) is 3.02. The lowest BCUT2D eigenvalue weighted by Gasteiger charge is -2.09. The lowest BCUT2D eigenvalue weighted by molar-refractivity contribution is -0.148. The average Bonchev–Trinajstić information content (AvgIpc) is 2.06. The van der Waals surface area contributed by atoms with E-state index in [1.165, 1.54) is 0 Å². The first-order chi connectivity index (χ1) is 6.49. The molecule has 0 aliphatic rings. The molecule has 0 aromatic rings. The second kappa shape index (κ2) is 10.6. The zero-order valence-corrected chi connectivity index (χ0v) is 9.66. The van der Waals surface area contributed by atoms with Gasteiger partial charge in [0.25, 0.3) is 0 Å². The summed E-state index contributed by atoms with van der Waals surface area (Å²) in [6.45, 7) is 6.34. The summed E-state index contributed by atoms with van der Waals surface area (Å²) in [5, 5.41) is 0. The number of esters is 1. The molecule has 0 aliphatic heterocycles. The van der Waals surface area contributed by atoms with Gasteiger partial charge >= 0.3 is 14.2 Å². The Labute approximate surface area is 85.0 Å². The number of hydrogen-bond acceptors (Lipinski definition) is 3. The molecule has 5 nitrogen and oxygen atoms in total. The van der Waals surface area contributed by atoms with Gasteiger partial charge in [-0.1, -0.05) is 13.8 Å². The van der Waals surface area contributed by atoms with E-state index in [1.807, 2.05) is 20.8 Å². The predicted octanol–water partition coefficient (Wildman–Crippen LogP) is 1.61. The van der Waals surface area contributed by atoms with Crippen molar-refractivity contribution >= 4 is 14.2 Å². The van der Waals surface area contributed by atoms with Crippen molar-refractivity contribution in [2.45, 2.75) is 33.6 Å². The third-order valence-electron chi connectivity index (χ3n) is 1.61. The van der Waals surface area contributed by atoms with Gasteiger partial charge in [-0.15, -0.1) is 9.79 Å². The quantitative estimate of drug-likeness (QED) is 0.561. The number of hydrogen-bond donors (Lipinski definition) is 2. The van der Waals surface area contributed by atoms with E-state index in [0.29, 0.717) is 6.61 Å². The van der Waals surface area contributed by atoms with E-state index in [2.05, 4.69) is 0 Å². The van der Waals surface area contributed by atoms with Gasteiger partial charge in [0.1, 0.15) is 0 Å². The molecule has 14 heavy (non-hydrogen) atoms. The Morgan fingerprint density at radius 1 is 1.29 bits per heavy atom. The average molecular weight is 225 g/mol. The predicted molar refractivity (Wildman–Crippen MR) is 52.7 cm³/mol. The minimum Gasteiger partial charge on any atom is -0.466 e. The first-order valence-corrected chi connectivity index (χ1v) is 5.67. The molecule has 0 fully saturated rings. The fraction of sp³-hybridized carbons (Fsp3) is 0.875. The van der Waals surface area contributed by atoms with Crippen LogP contribution in [0.25, 0.3) is 0 Å². The minimum absolute atomic E-state index is 0.0486. The molecule has 0 rings (SSSR count). The summed E-state index contributed by atoms with van der Waals surface area (Å²) in [5.41, 5.74) is 0. The van der Waals surface area contributed by atoms with Crippen LogP contribution >= 0.6 is 8.25 Å². The van der Waals surface area contributed by atoms with E-state index < -0.39 is 8.25 Å². The largest absolute Gasteiger partial charge is 0.692 e. The maximum absolute atomic E-state index is 11.0. The molecule has 0 radical (unpaired) electrons. The number of carbonyl (C=O) groups excluding carboxylic acids is 1. The highest BCUT2D eigenvalue weighted by Crippen LogP contribution is 2.08. The highest BCUT2D eigenvalue weighted by molar-refractivity contribution is 7.30. The van der Waals surface area contributed by atoms with Crippen molar-refractivity contribution in [2.24, 2.45) is 5.92 Å². The normalized spacial score (nSPS) is 9.00. The molecule has 0 spiro atoms. The minimum atomic E-state index is -2.87. The van der Waals surface area contributed by atoms with E-state index in [-0.39, 0.29) is 11.9 Å². The summed E-state index contributed by atoms with van der Waals surface area (Å²) in [4.78, 5) is 25.2. The van der Waals surface area contributed by atoms with Gasteiger partial charge in [-0.3, -0.25) is 4.79 Å². The molecular weight excluding hydrogens is 207 g/mol. The first kappa shape index (κ1) is 15.9. The van der Waals surface area contributed by atoms with Crippen LogP contribution in [-0.2, 0) is 14.1 Å². The topological polar surface area (TPSA) is 83.8 Å².